The Morgan fingerprint density at radius 1 is 1.04 bits per heavy atom. The van der Waals surface area contributed by atoms with Crippen LogP contribution in [0.3, 0.4) is 0 Å². The van der Waals surface area contributed by atoms with Crippen molar-refractivity contribution in [2.75, 3.05) is 0 Å². The van der Waals surface area contributed by atoms with E-state index in [1.165, 1.54) is 0 Å². The molecule has 0 aliphatic heterocycles. The number of nitrogens with one attached hydrogen (secondary N) is 1. The first kappa shape index (κ1) is 16.7. The summed E-state index contributed by atoms with van der Waals surface area (Å²) in [6, 6.07) is 12.9. The molecule has 1 amide bonds. The van der Waals surface area contributed by atoms with E-state index in [2.05, 4.69) is 20.5 Å². The zero-order chi connectivity index (χ0) is 18.6. The predicted molar refractivity (Wildman–Crippen MR) is 101 cm³/mol. The fraction of sp³-hybridized carbons (Fsp3) is 0.100. The van der Waals surface area contributed by atoms with E-state index in [0.717, 1.165) is 16.8 Å². The third kappa shape index (κ3) is 3.62. The zero-order valence-corrected chi connectivity index (χ0v) is 14.8. The van der Waals surface area contributed by atoms with Gasteiger partial charge in [0.2, 0.25) is 0 Å². The van der Waals surface area contributed by atoms with Gasteiger partial charge >= 0.3 is 0 Å². The van der Waals surface area contributed by atoms with Gasteiger partial charge in [-0.2, -0.15) is 10.2 Å². The molecule has 0 fully saturated rings. The summed E-state index contributed by atoms with van der Waals surface area (Å²) in [7, 11) is 0. The monoisotopic (exact) mass is 358 g/mol. The summed E-state index contributed by atoms with van der Waals surface area (Å²) in [4.78, 5) is 16.8. The highest BCUT2D eigenvalue weighted by Crippen LogP contribution is 2.12. The molecule has 134 valence electrons. The summed E-state index contributed by atoms with van der Waals surface area (Å²) in [5.41, 5.74) is 3.47. The smallest absolute Gasteiger partial charge is 0.251 e. The molecule has 7 nitrogen and oxygen atoms in total. The van der Waals surface area contributed by atoms with Crippen molar-refractivity contribution in [3.05, 3.63) is 90.1 Å². The molecule has 1 aromatic carbocycles. The number of amides is 1. The maximum absolute atomic E-state index is 12.5. The Kier molecular flexibility index (Phi) is 4.49. The number of hydrogen-bond acceptors (Lipinski definition) is 4. The quantitative estimate of drug-likeness (QED) is 0.595. The van der Waals surface area contributed by atoms with E-state index in [1.807, 2.05) is 49.6 Å². The molecule has 0 saturated carbocycles. The van der Waals surface area contributed by atoms with Gasteiger partial charge in [0, 0.05) is 42.5 Å². The van der Waals surface area contributed by atoms with Crippen molar-refractivity contribution >= 4 is 5.91 Å². The van der Waals surface area contributed by atoms with Crippen LogP contribution in [-0.4, -0.2) is 30.5 Å². The van der Waals surface area contributed by atoms with Crippen LogP contribution in [0.5, 0.6) is 0 Å². The number of aromatic nitrogens is 5. The molecule has 4 aromatic rings. The molecule has 0 bridgehead atoms. The Morgan fingerprint density at radius 3 is 2.59 bits per heavy atom. The van der Waals surface area contributed by atoms with Gasteiger partial charge < -0.3 is 5.32 Å². The fourth-order valence-electron chi connectivity index (χ4n) is 2.77. The van der Waals surface area contributed by atoms with Crippen molar-refractivity contribution in [1.82, 2.24) is 29.9 Å². The Morgan fingerprint density at radius 2 is 1.89 bits per heavy atom. The Hall–Kier alpha value is -3.74. The first-order valence-electron chi connectivity index (χ1n) is 8.54. The second kappa shape index (κ2) is 7.25. The molecule has 7 heteroatoms. The SMILES string of the molecule is Cc1cnn(-c2ccc(C(=O)NCc3cccnc3-n3cccn3)cc2)c1. The average molecular weight is 358 g/mol. The maximum atomic E-state index is 12.5. The normalized spacial score (nSPS) is 10.7. The Balaban J connectivity index is 1.46. The van der Waals surface area contributed by atoms with Crippen molar-refractivity contribution in [3.8, 4) is 11.5 Å². The lowest BCUT2D eigenvalue weighted by Gasteiger charge is -2.10. The molecule has 1 N–H and O–H groups in total. The number of nitrogens with zero attached hydrogens (tertiary/aromatic N) is 5. The summed E-state index contributed by atoms with van der Waals surface area (Å²) in [6.07, 6.45) is 8.96. The van der Waals surface area contributed by atoms with Gasteiger partial charge in [-0.05, 0) is 48.9 Å². The summed E-state index contributed by atoms with van der Waals surface area (Å²) < 4.78 is 3.46. The molecular weight excluding hydrogens is 340 g/mol. The number of carbonyl (C=O) groups is 1. The van der Waals surface area contributed by atoms with Crippen LogP contribution in [0.2, 0.25) is 0 Å². The van der Waals surface area contributed by atoms with E-state index in [4.69, 9.17) is 0 Å². The summed E-state index contributed by atoms with van der Waals surface area (Å²) in [5, 5.41) is 11.4. The average Bonchev–Trinajstić information content (AvgIpc) is 3.38. The molecule has 27 heavy (non-hydrogen) atoms. The van der Waals surface area contributed by atoms with Gasteiger partial charge in [0.05, 0.1) is 11.9 Å². The number of pyridine rings is 1. The van der Waals surface area contributed by atoms with E-state index in [1.54, 1.807) is 40.1 Å². The van der Waals surface area contributed by atoms with Crippen LogP contribution in [0.4, 0.5) is 0 Å². The number of benzene rings is 1. The van der Waals surface area contributed by atoms with Crippen LogP contribution in [0, 0.1) is 6.92 Å². The first-order chi connectivity index (χ1) is 13.2. The molecule has 0 aliphatic rings. The third-order valence-corrected chi connectivity index (χ3v) is 4.13. The van der Waals surface area contributed by atoms with Crippen molar-refractivity contribution in [2.45, 2.75) is 13.5 Å². The van der Waals surface area contributed by atoms with Crippen LogP contribution < -0.4 is 5.32 Å². The van der Waals surface area contributed by atoms with Gasteiger partial charge in [0.25, 0.3) is 5.91 Å². The molecule has 3 heterocycles. The summed E-state index contributed by atoms with van der Waals surface area (Å²) in [5.74, 6) is 0.556. The molecule has 4 rings (SSSR count). The minimum atomic E-state index is -0.145. The minimum absolute atomic E-state index is 0.145. The lowest BCUT2D eigenvalue weighted by atomic mass is 10.2. The molecule has 0 saturated heterocycles. The highest BCUT2D eigenvalue weighted by Gasteiger charge is 2.10. The number of carbonyl (C=O) groups excluding carboxylic acids is 1. The fourth-order valence-corrected chi connectivity index (χ4v) is 2.77. The highest BCUT2D eigenvalue weighted by molar-refractivity contribution is 5.94. The van der Waals surface area contributed by atoms with Crippen molar-refractivity contribution in [1.29, 1.82) is 0 Å². The van der Waals surface area contributed by atoms with Crippen LogP contribution >= 0.6 is 0 Å². The summed E-state index contributed by atoms with van der Waals surface area (Å²) >= 11 is 0. The number of hydrogen-bond donors (Lipinski definition) is 1. The van der Waals surface area contributed by atoms with E-state index < -0.39 is 0 Å². The molecule has 0 spiro atoms. The van der Waals surface area contributed by atoms with Crippen molar-refractivity contribution in [3.63, 3.8) is 0 Å². The maximum Gasteiger partial charge on any atom is 0.251 e. The van der Waals surface area contributed by atoms with Gasteiger partial charge in [-0.3, -0.25) is 4.79 Å². The van der Waals surface area contributed by atoms with Crippen molar-refractivity contribution in [2.24, 2.45) is 0 Å². The molecule has 3 aromatic heterocycles. The van der Waals surface area contributed by atoms with Crippen LogP contribution in [0.15, 0.2) is 73.4 Å². The van der Waals surface area contributed by atoms with Gasteiger partial charge in [-0.15, -0.1) is 0 Å². The number of rotatable bonds is 5. The van der Waals surface area contributed by atoms with Gasteiger partial charge in [-0.1, -0.05) is 6.07 Å². The molecule has 0 radical (unpaired) electrons. The van der Waals surface area contributed by atoms with E-state index in [-0.39, 0.29) is 5.91 Å². The van der Waals surface area contributed by atoms with E-state index in [0.29, 0.717) is 17.9 Å². The van der Waals surface area contributed by atoms with Crippen LogP contribution in [0.1, 0.15) is 21.5 Å². The topological polar surface area (TPSA) is 77.6 Å². The van der Waals surface area contributed by atoms with Crippen LogP contribution in [0.25, 0.3) is 11.5 Å². The molecule has 0 atom stereocenters. The number of aryl methyl sites for hydroxylation is 1. The lowest BCUT2D eigenvalue weighted by Crippen LogP contribution is -2.23. The second-order valence-corrected chi connectivity index (χ2v) is 6.13. The van der Waals surface area contributed by atoms with Gasteiger partial charge in [-0.25, -0.2) is 14.3 Å². The van der Waals surface area contributed by atoms with E-state index >= 15 is 0 Å². The Labute approximate surface area is 156 Å². The lowest BCUT2D eigenvalue weighted by molar-refractivity contribution is 0.0951. The largest absolute Gasteiger partial charge is 0.348 e. The molecule has 0 unspecified atom stereocenters. The zero-order valence-electron chi connectivity index (χ0n) is 14.8. The van der Waals surface area contributed by atoms with Crippen LogP contribution in [-0.2, 0) is 6.54 Å². The van der Waals surface area contributed by atoms with Gasteiger partial charge in [0.15, 0.2) is 5.82 Å². The molecule has 0 aliphatic carbocycles. The van der Waals surface area contributed by atoms with Gasteiger partial charge in [0.1, 0.15) is 0 Å². The first-order valence-corrected chi connectivity index (χ1v) is 8.54. The van der Waals surface area contributed by atoms with Crippen molar-refractivity contribution < 1.29 is 4.79 Å². The standard InChI is InChI=1S/C20H18N6O/c1-15-12-24-26(14-15)18-7-5-16(6-8-18)20(27)22-13-17-4-2-9-21-19(17)25-11-3-10-23-25/h2-12,14H,13H2,1H3,(H,22,27). The van der Waals surface area contributed by atoms with E-state index in [9.17, 15) is 4.79 Å². The second-order valence-electron chi connectivity index (χ2n) is 6.13. The third-order valence-electron chi connectivity index (χ3n) is 4.13. The minimum Gasteiger partial charge on any atom is -0.348 e. The Bertz CT molecular complexity index is 1050. The summed E-state index contributed by atoms with van der Waals surface area (Å²) in [6.45, 7) is 2.35. The predicted octanol–water partition coefficient (Wildman–Crippen LogP) is 2.69. The molecular formula is C20H18N6O. The highest BCUT2D eigenvalue weighted by atomic mass is 16.1.